The van der Waals surface area contributed by atoms with Crippen molar-refractivity contribution in [2.75, 3.05) is 52.9 Å². The zero-order valence-electron chi connectivity index (χ0n) is 65.5. The molecule has 0 aromatic carbocycles. The summed E-state index contributed by atoms with van der Waals surface area (Å²) in [6.45, 7) is -2.61. The third-order valence-corrected chi connectivity index (χ3v) is 22.4. The van der Waals surface area contributed by atoms with Gasteiger partial charge in [-0.25, -0.2) is 0 Å². The minimum absolute atomic E-state index is 0.880. The molecule has 30 N–H and O–H groups in total. The number of carbonyl (C=O) groups excluding carboxylic acids is 4. The summed E-state index contributed by atoms with van der Waals surface area (Å²) in [6, 6.07) is -7.88. The minimum Gasteiger partial charge on any atom is -0.394 e. The molecule has 53 nitrogen and oxygen atoms in total. The van der Waals surface area contributed by atoms with Gasteiger partial charge in [-0.15, -0.1) is 0 Å². The summed E-state index contributed by atoms with van der Waals surface area (Å²) in [6.07, 6.45) is -95.2. The molecule has 0 aliphatic carbocycles. The predicted molar refractivity (Wildman–Crippen MR) is 373 cm³/mol. The predicted octanol–water partition coefficient (Wildman–Crippen LogP) is -20.2. The Labute approximate surface area is 686 Å². The van der Waals surface area contributed by atoms with Crippen molar-refractivity contribution in [2.24, 2.45) is 0 Å². The van der Waals surface area contributed by atoms with Gasteiger partial charge in [0.25, 0.3) is 0 Å². The van der Waals surface area contributed by atoms with Crippen LogP contribution in [0, 0.1) is 0 Å². The van der Waals surface area contributed by atoms with Crippen molar-refractivity contribution in [2.45, 2.75) is 348 Å². The van der Waals surface area contributed by atoms with E-state index in [1.54, 1.807) is 0 Å². The average Bonchev–Trinajstić information content (AvgIpc) is 0.763. The molecular weight excluding hydrogens is 1660 g/mol. The summed E-state index contributed by atoms with van der Waals surface area (Å²) in [5.41, 5.74) is 0. The van der Waals surface area contributed by atoms with Crippen LogP contribution in [0.4, 0.5) is 0 Å². The minimum atomic E-state index is -2.61. The highest BCUT2D eigenvalue weighted by Crippen LogP contribution is 2.41. The molecule has 0 saturated carbocycles. The zero-order chi connectivity index (χ0) is 89.1. The first-order valence-corrected chi connectivity index (χ1v) is 38.8. The molecule has 0 spiro atoms. The first-order chi connectivity index (χ1) is 57.1. The lowest BCUT2D eigenvalue weighted by Crippen LogP contribution is -2.71. The van der Waals surface area contributed by atoms with Crippen LogP contribution in [0.2, 0.25) is 0 Å². The Balaban J connectivity index is 1.02. The number of amides is 4. The molecule has 10 saturated heterocycles. The van der Waals surface area contributed by atoms with E-state index in [0.29, 0.717) is 0 Å². The Hall–Kier alpha value is -3.92. The molecule has 10 heterocycles. The van der Waals surface area contributed by atoms with E-state index in [-0.39, 0.29) is 0 Å². The van der Waals surface area contributed by atoms with Gasteiger partial charge in [0.05, 0.1) is 65.1 Å². The van der Waals surface area contributed by atoms with Crippen LogP contribution in [0.25, 0.3) is 0 Å². The Kier molecular flexibility index (Phi) is 35.3. The second-order valence-electron chi connectivity index (χ2n) is 31.0. The van der Waals surface area contributed by atoms with Crippen LogP contribution in [0.5, 0.6) is 0 Å². The van der Waals surface area contributed by atoms with Gasteiger partial charge < -0.3 is 244 Å². The van der Waals surface area contributed by atoms with Gasteiger partial charge in [0, 0.05) is 27.7 Å². The number of ether oxygens (including phenoxy) is 19. The fourth-order valence-corrected chi connectivity index (χ4v) is 15.7. The maximum absolute atomic E-state index is 13.7. The summed E-state index contributed by atoms with van der Waals surface area (Å²) in [5, 5.41) is 301. The SMILES string of the molecule is CC(=O)N[C@H]1[C@@H](O[C@H]2[C@@H](O)[C@@H](CO)O[C@@H](O[C@H]3[C@H](O)[C@@H](CO)O[C@@H](O[C@H]4[C@@H](O)[C@@H](CO[C@@H]5O[C@H](CO)[C@@H](O)[C@H](O[C@@H]6O[C@H](CO)[C@H](O)[C@H](O)[C@H]6O[C@@H]6O[C@@H](C)[C@@H](O)[C@@H](O)[C@@H]6O)[C@H]5NC(C)=O)O[C@@H](O[C@H]5[C@@H](O)[C@@H](CO[C@@H]6O[C@H](CO)[C@H](O)[C@H](O)[C@H]6O)OC(O)[C@@H]5NC(C)=O)[C@@H]4O)[C@@H]3NC(C)=O)[C@@H]2O[C@@H]2O[C@@H](C)[C@@H](O)[C@@H](O)[C@@H]2O)O[C@H](CO)[C@H](O)[C@@H]1O. The van der Waals surface area contributed by atoms with Gasteiger partial charge in [0.1, 0.15) is 232 Å². The Morgan fingerprint density at radius 2 is 0.512 bits per heavy atom. The van der Waals surface area contributed by atoms with Crippen molar-refractivity contribution in [1.29, 1.82) is 0 Å². The molecule has 10 fully saturated rings. The number of hydrogen-bond acceptors (Lipinski definition) is 49. The van der Waals surface area contributed by atoms with Crippen molar-refractivity contribution in [1.82, 2.24) is 21.3 Å². The van der Waals surface area contributed by atoms with Crippen LogP contribution in [0.15, 0.2) is 0 Å². The fraction of sp³-hybridized carbons (Fsp3) is 0.941. The molecule has 10 aliphatic heterocycles. The molecule has 121 heavy (non-hydrogen) atoms. The van der Waals surface area contributed by atoms with Crippen molar-refractivity contribution < 1.29 is 242 Å². The smallest absolute Gasteiger partial charge is 0.217 e. The van der Waals surface area contributed by atoms with E-state index >= 15 is 0 Å². The summed E-state index contributed by atoms with van der Waals surface area (Å²) in [4.78, 5) is 52.7. The molecule has 53 heteroatoms. The Morgan fingerprint density at radius 1 is 0.231 bits per heavy atom. The number of hydrogen-bond donors (Lipinski definition) is 30. The highest BCUT2D eigenvalue weighted by molar-refractivity contribution is 5.74. The van der Waals surface area contributed by atoms with Crippen LogP contribution in [-0.2, 0) is 109 Å². The van der Waals surface area contributed by atoms with E-state index in [2.05, 4.69) is 21.3 Å². The number of aliphatic hydroxyl groups is 26. The molecule has 0 radical (unpaired) electrons. The molecule has 0 aromatic heterocycles. The summed E-state index contributed by atoms with van der Waals surface area (Å²) < 4.78 is 114. The van der Waals surface area contributed by atoms with E-state index < -0.39 is 383 Å². The monoisotopic (exact) mass is 1770 g/mol. The molecule has 1 unspecified atom stereocenters. The van der Waals surface area contributed by atoms with Gasteiger partial charge >= 0.3 is 0 Å². The number of aliphatic hydroxyl groups excluding tert-OH is 26. The van der Waals surface area contributed by atoms with Crippen LogP contribution < -0.4 is 21.3 Å². The fourth-order valence-electron chi connectivity index (χ4n) is 15.7. The van der Waals surface area contributed by atoms with E-state index in [0.717, 1.165) is 27.7 Å². The van der Waals surface area contributed by atoms with Crippen LogP contribution >= 0.6 is 0 Å². The van der Waals surface area contributed by atoms with Crippen LogP contribution in [-0.4, -0.2) is 516 Å². The standard InChI is InChI=1S/C68H114N4O49/c1-15-33(83)44(94)49(99)64(105-15)120-57-47(97)37(87)23(9-75)112-67(57)116-53-31(71-19(5)81)60(108-24(10-76)38(53)88)103-14-28-42(92)55(51(101)66(114-28)115-52-30(70-18(4)80)59(102)107-27(41(52)91)13-104-63-48(98)46(96)36(86)22(8-74)111-63)118-62-32(72-20(6)82)54(39(89)25(11-77)110-62)117-68-58(121-65-50(100)45(95)34(84)16(2)106-65)56(40(90)26(12-78)113-68)119-61-29(69-17(3)79)43(93)35(85)21(7-73)109-61/h15-16,21-68,73-78,83-102H,7-14H2,1-6H3,(H,69,79)(H,70,80)(H,71,81)(H,72,82)/t15-,16-,21+,22+,23+,24+,25+,26+,27+,28+,29+,30+,31+,32+,33+,34+,35-,36-,37-,38+,39+,40-,41-,42-,43+,44+,45+,46-,47-,48+,49-,50-,51+,52+,53+,54+,55-,56-,57+,58+,59?,60+,61+,62-,63+,64-,65-,66-,67-,68-/m0/s1. The zero-order valence-corrected chi connectivity index (χ0v) is 65.5. The molecule has 50 atom stereocenters. The number of nitrogens with one attached hydrogen (secondary N) is 4. The largest absolute Gasteiger partial charge is 0.394 e. The maximum Gasteiger partial charge on any atom is 0.217 e. The van der Waals surface area contributed by atoms with Gasteiger partial charge in [-0.1, -0.05) is 0 Å². The van der Waals surface area contributed by atoms with Gasteiger partial charge in [0.15, 0.2) is 62.9 Å². The topological polar surface area (TPSA) is 818 Å². The second-order valence-corrected chi connectivity index (χ2v) is 31.0. The molecule has 700 valence electrons. The Bertz CT molecular complexity index is 3270. The van der Waals surface area contributed by atoms with Crippen LogP contribution in [0.1, 0.15) is 41.5 Å². The first kappa shape index (κ1) is 99.2. The van der Waals surface area contributed by atoms with Gasteiger partial charge in [-0.3, -0.25) is 19.2 Å². The lowest BCUT2D eigenvalue weighted by molar-refractivity contribution is -0.401. The third kappa shape index (κ3) is 22.0. The van der Waals surface area contributed by atoms with Crippen molar-refractivity contribution in [3.8, 4) is 0 Å². The maximum atomic E-state index is 13.7. The molecule has 4 amide bonds. The summed E-state index contributed by atoms with van der Waals surface area (Å²) in [5.74, 6) is -3.89. The quantitative estimate of drug-likeness (QED) is 0.0318. The highest BCUT2D eigenvalue weighted by Gasteiger charge is 2.62. The summed E-state index contributed by atoms with van der Waals surface area (Å²) >= 11 is 0. The number of carbonyl (C=O) groups is 4. The molecular formula is C68H114N4O49. The van der Waals surface area contributed by atoms with Gasteiger partial charge in [0.2, 0.25) is 23.6 Å². The second kappa shape index (κ2) is 43.0. The first-order valence-electron chi connectivity index (χ1n) is 38.8. The van der Waals surface area contributed by atoms with Crippen molar-refractivity contribution >= 4 is 23.6 Å². The molecule has 0 bridgehead atoms. The van der Waals surface area contributed by atoms with Crippen molar-refractivity contribution in [3.05, 3.63) is 0 Å². The lowest BCUT2D eigenvalue weighted by atomic mass is 9.93. The Morgan fingerprint density at radius 3 is 0.992 bits per heavy atom. The molecule has 0 aromatic rings. The normalized spacial score (nSPS) is 50.0. The van der Waals surface area contributed by atoms with Crippen molar-refractivity contribution in [3.63, 3.8) is 0 Å². The van der Waals surface area contributed by atoms with E-state index in [1.807, 2.05) is 0 Å². The highest BCUT2D eigenvalue weighted by atomic mass is 16.8. The molecule has 10 aliphatic rings. The van der Waals surface area contributed by atoms with Gasteiger partial charge in [-0.2, -0.15) is 0 Å². The van der Waals surface area contributed by atoms with E-state index in [9.17, 15) is 152 Å². The van der Waals surface area contributed by atoms with E-state index in [4.69, 9.17) is 90.0 Å². The lowest BCUT2D eigenvalue weighted by Gasteiger charge is -2.52. The van der Waals surface area contributed by atoms with Gasteiger partial charge in [-0.05, 0) is 13.8 Å². The molecule has 10 rings (SSSR count). The third-order valence-electron chi connectivity index (χ3n) is 22.4. The van der Waals surface area contributed by atoms with Crippen LogP contribution in [0.3, 0.4) is 0 Å². The average molecular weight is 1770 g/mol. The van der Waals surface area contributed by atoms with E-state index in [1.165, 1.54) is 13.8 Å². The number of rotatable bonds is 30. The summed E-state index contributed by atoms with van der Waals surface area (Å²) in [7, 11) is 0.